The number of hydrogen-bond donors (Lipinski definition) is 1. The zero-order valence-corrected chi connectivity index (χ0v) is 15.3. The molecule has 2 aromatic rings. The second-order valence-electron chi connectivity index (χ2n) is 6.58. The molecular weight excluding hydrogens is 367 g/mol. The lowest BCUT2D eigenvalue weighted by molar-refractivity contribution is -0.0515. The van der Waals surface area contributed by atoms with Gasteiger partial charge in [-0.2, -0.15) is 9.19 Å². The molecule has 0 radical (unpaired) electrons. The maximum absolute atomic E-state index is 13.8. The van der Waals surface area contributed by atoms with Crippen molar-refractivity contribution in [3.05, 3.63) is 39.6 Å². The van der Waals surface area contributed by atoms with Gasteiger partial charge in [-0.1, -0.05) is 0 Å². The first-order valence-corrected chi connectivity index (χ1v) is 10.7. The van der Waals surface area contributed by atoms with Crippen LogP contribution in [0.15, 0.2) is 17.6 Å². The average molecular weight is 386 g/mol. The summed E-state index contributed by atoms with van der Waals surface area (Å²) in [5.74, 6) is -0.264. The normalized spacial score (nSPS) is 27.6. The summed E-state index contributed by atoms with van der Waals surface area (Å²) in [7, 11) is -3.36. The SMILES string of the molecule is CS(=O)(=O)n1cc2c(n1)CN(C1COC(c3sccc3F)C(N)C1)C2. The van der Waals surface area contributed by atoms with Crippen molar-refractivity contribution in [3.8, 4) is 0 Å². The van der Waals surface area contributed by atoms with Gasteiger partial charge in [0, 0.05) is 36.9 Å². The van der Waals surface area contributed by atoms with Crippen LogP contribution < -0.4 is 5.73 Å². The van der Waals surface area contributed by atoms with Gasteiger partial charge in [-0.25, -0.2) is 12.8 Å². The van der Waals surface area contributed by atoms with Crippen molar-refractivity contribution in [2.45, 2.75) is 37.7 Å². The minimum Gasteiger partial charge on any atom is -0.369 e. The second-order valence-corrected chi connectivity index (χ2v) is 9.37. The topological polar surface area (TPSA) is 90.5 Å². The molecule has 10 heteroatoms. The molecule has 2 aliphatic rings. The van der Waals surface area contributed by atoms with Gasteiger partial charge >= 0.3 is 0 Å². The fourth-order valence-corrected chi connectivity index (χ4v) is 4.91. The first-order chi connectivity index (χ1) is 11.8. The summed E-state index contributed by atoms with van der Waals surface area (Å²) in [6, 6.07) is 1.26. The largest absolute Gasteiger partial charge is 0.369 e. The third-order valence-corrected chi connectivity index (χ3v) is 6.56. The van der Waals surface area contributed by atoms with Gasteiger partial charge < -0.3 is 10.5 Å². The molecule has 2 aliphatic heterocycles. The smallest absolute Gasteiger partial charge is 0.250 e. The lowest BCUT2D eigenvalue weighted by Crippen LogP contribution is -2.47. The molecule has 0 amide bonds. The lowest BCUT2D eigenvalue weighted by Gasteiger charge is -2.38. The molecule has 2 aromatic heterocycles. The van der Waals surface area contributed by atoms with Crippen LogP contribution in [0.25, 0.3) is 0 Å². The summed E-state index contributed by atoms with van der Waals surface area (Å²) in [6.45, 7) is 1.65. The van der Waals surface area contributed by atoms with E-state index in [1.54, 1.807) is 11.6 Å². The molecule has 4 rings (SSSR count). The number of nitrogens with two attached hydrogens (primary N) is 1. The number of fused-ring (bicyclic) bond motifs is 1. The first kappa shape index (κ1) is 17.1. The van der Waals surface area contributed by atoms with Gasteiger partial charge in [0.05, 0.1) is 23.4 Å². The maximum Gasteiger partial charge on any atom is 0.250 e. The Labute approximate surface area is 149 Å². The molecule has 0 saturated carbocycles. The Hall–Kier alpha value is -1.33. The van der Waals surface area contributed by atoms with E-state index < -0.39 is 16.1 Å². The van der Waals surface area contributed by atoms with Crippen LogP contribution in [0.4, 0.5) is 4.39 Å². The molecule has 0 aliphatic carbocycles. The van der Waals surface area contributed by atoms with Crippen molar-refractivity contribution in [3.63, 3.8) is 0 Å². The van der Waals surface area contributed by atoms with Crippen LogP contribution in [0.1, 0.15) is 28.7 Å². The van der Waals surface area contributed by atoms with Gasteiger partial charge in [0.25, 0.3) is 10.0 Å². The molecule has 7 nitrogen and oxygen atoms in total. The van der Waals surface area contributed by atoms with E-state index in [1.807, 2.05) is 0 Å². The summed E-state index contributed by atoms with van der Waals surface area (Å²) in [4.78, 5) is 2.74. The minimum atomic E-state index is -3.36. The van der Waals surface area contributed by atoms with E-state index in [2.05, 4.69) is 10.00 Å². The average Bonchev–Trinajstić information content (AvgIpc) is 3.20. The molecular formula is C15H19FN4O3S2. The second kappa shape index (κ2) is 6.13. The fourth-order valence-electron chi connectivity index (χ4n) is 3.46. The molecule has 3 atom stereocenters. The lowest BCUT2D eigenvalue weighted by atomic mass is 9.97. The highest BCUT2D eigenvalue weighted by Crippen LogP contribution is 2.35. The number of aromatic nitrogens is 2. The van der Waals surface area contributed by atoms with Crippen molar-refractivity contribution in [2.24, 2.45) is 5.73 Å². The van der Waals surface area contributed by atoms with E-state index in [0.29, 0.717) is 31.0 Å². The van der Waals surface area contributed by atoms with Crippen LogP contribution in [-0.2, 0) is 27.8 Å². The molecule has 25 heavy (non-hydrogen) atoms. The Bertz CT molecular complexity index is 871. The number of hydrogen-bond acceptors (Lipinski definition) is 7. The van der Waals surface area contributed by atoms with Crippen LogP contribution in [0.5, 0.6) is 0 Å². The summed E-state index contributed by atoms with van der Waals surface area (Å²) >= 11 is 1.33. The predicted molar refractivity (Wildman–Crippen MR) is 91.1 cm³/mol. The Morgan fingerprint density at radius 1 is 1.44 bits per heavy atom. The zero-order valence-electron chi connectivity index (χ0n) is 13.6. The van der Waals surface area contributed by atoms with Crippen LogP contribution >= 0.6 is 11.3 Å². The first-order valence-electron chi connectivity index (χ1n) is 7.95. The van der Waals surface area contributed by atoms with Gasteiger partial charge in [-0.15, -0.1) is 11.3 Å². The Kier molecular flexibility index (Phi) is 4.19. The maximum atomic E-state index is 13.8. The van der Waals surface area contributed by atoms with Gasteiger partial charge in [-0.3, -0.25) is 4.90 Å². The highest BCUT2D eigenvalue weighted by molar-refractivity contribution is 7.89. The number of ether oxygens (including phenoxy) is 1. The molecule has 3 unspecified atom stereocenters. The summed E-state index contributed by atoms with van der Waals surface area (Å²) < 4.78 is 43.8. The van der Waals surface area contributed by atoms with Crippen LogP contribution in [-0.4, -0.2) is 47.4 Å². The van der Waals surface area contributed by atoms with Crippen LogP contribution in [0.3, 0.4) is 0 Å². The zero-order chi connectivity index (χ0) is 17.8. The van der Waals surface area contributed by atoms with Crippen molar-refractivity contribution < 1.29 is 17.5 Å². The molecule has 1 saturated heterocycles. The third kappa shape index (κ3) is 3.13. The molecule has 2 N–H and O–H groups in total. The summed E-state index contributed by atoms with van der Waals surface area (Å²) in [5, 5.41) is 5.86. The van der Waals surface area contributed by atoms with E-state index in [4.69, 9.17) is 10.5 Å². The molecule has 0 aromatic carbocycles. The van der Waals surface area contributed by atoms with Crippen LogP contribution in [0, 0.1) is 5.82 Å². The molecule has 4 heterocycles. The number of halogens is 1. The Balaban J connectivity index is 1.43. The summed E-state index contributed by atoms with van der Waals surface area (Å²) in [6.07, 6.45) is 2.98. The molecule has 136 valence electrons. The van der Waals surface area contributed by atoms with Crippen LogP contribution in [0.2, 0.25) is 0 Å². The molecule has 1 fully saturated rings. The van der Waals surface area contributed by atoms with Crippen molar-refractivity contribution in [2.75, 3.05) is 12.9 Å². The van der Waals surface area contributed by atoms with E-state index in [0.717, 1.165) is 21.6 Å². The number of nitrogens with zero attached hydrogens (tertiary/aromatic N) is 3. The van der Waals surface area contributed by atoms with E-state index in [9.17, 15) is 12.8 Å². The number of rotatable bonds is 3. The summed E-state index contributed by atoms with van der Waals surface area (Å²) in [5.41, 5.74) is 7.92. The minimum absolute atomic E-state index is 0.107. The van der Waals surface area contributed by atoms with Crippen molar-refractivity contribution in [1.29, 1.82) is 0 Å². The highest BCUT2D eigenvalue weighted by Gasteiger charge is 2.37. The number of thiophene rings is 1. The Morgan fingerprint density at radius 2 is 2.24 bits per heavy atom. The molecule has 0 spiro atoms. The standard InChI is InChI=1S/C15H19FN4O3S2/c1-25(21,22)20-6-9-5-19(7-13(9)18-20)10-4-12(17)14(23-8-10)15-11(16)2-3-24-15/h2-3,6,10,12,14H,4-5,7-8,17H2,1H3. The van der Waals surface area contributed by atoms with E-state index >= 15 is 0 Å². The van der Waals surface area contributed by atoms with Crippen molar-refractivity contribution in [1.82, 2.24) is 14.1 Å². The Morgan fingerprint density at radius 3 is 2.84 bits per heavy atom. The van der Waals surface area contributed by atoms with E-state index in [-0.39, 0.29) is 17.9 Å². The van der Waals surface area contributed by atoms with E-state index in [1.165, 1.54) is 17.4 Å². The van der Waals surface area contributed by atoms with Gasteiger partial charge in [0.2, 0.25) is 0 Å². The third-order valence-electron chi connectivity index (χ3n) is 4.74. The van der Waals surface area contributed by atoms with Gasteiger partial charge in [-0.05, 0) is 17.9 Å². The van der Waals surface area contributed by atoms with Gasteiger partial charge in [0.15, 0.2) is 0 Å². The highest BCUT2D eigenvalue weighted by atomic mass is 32.2. The molecule has 0 bridgehead atoms. The fraction of sp³-hybridized carbons (Fsp3) is 0.533. The van der Waals surface area contributed by atoms with Crippen molar-refractivity contribution >= 4 is 21.4 Å². The monoisotopic (exact) mass is 386 g/mol. The quantitative estimate of drug-likeness (QED) is 0.848. The van der Waals surface area contributed by atoms with Gasteiger partial charge in [0.1, 0.15) is 11.9 Å². The predicted octanol–water partition coefficient (Wildman–Crippen LogP) is 1.06.